The van der Waals surface area contributed by atoms with Gasteiger partial charge in [-0.15, -0.1) is 0 Å². The molecule has 1 heterocycles. The van der Waals surface area contributed by atoms with E-state index in [1.54, 1.807) is 6.20 Å². The van der Waals surface area contributed by atoms with Crippen LogP contribution in [0.2, 0.25) is 0 Å². The van der Waals surface area contributed by atoms with Gasteiger partial charge in [-0.3, -0.25) is 33.0 Å². The quantitative estimate of drug-likeness (QED) is 0.0345. The van der Waals surface area contributed by atoms with E-state index in [1.165, 1.54) is 45.4 Å². The van der Waals surface area contributed by atoms with E-state index in [2.05, 4.69) is 27.9 Å². The van der Waals surface area contributed by atoms with Crippen molar-refractivity contribution in [2.24, 2.45) is 5.92 Å². The molecule has 0 saturated heterocycles. The molecule has 1 aromatic carbocycles. The van der Waals surface area contributed by atoms with Crippen molar-refractivity contribution in [3.05, 3.63) is 36.0 Å². The van der Waals surface area contributed by atoms with E-state index in [4.69, 9.17) is 13.8 Å². The summed E-state index contributed by atoms with van der Waals surface area (Å²) in [7, 11) is -4.66. The molecule has 0 aliphatic carbocycles. The summed E-state index contributed by atoms with van der Waals surface area (Å²) in [4.78, 5) is 75.8. The number of para-hydroxylation sites is 1. The highest BCUT2D eigenvalue weighted by Crippen LogP contribution is 2.43. The molecule has 14 nitrogen and oxygen atoms in total. The number of Topliss-reactive ketones (excluding diaryl/α,β-unsaturated/α-hetero) is 1. The first-order valence-corrected chi connectivity index (χ1v) is 21.1. The molecule has 0 aliphatic rings. The van der Waals surface area contributed by atoms with Crippen LogP contribution < -0.4 is 16.0 Å². The lowest BCUT2D eigenvalue weighted by Gasteiger charge is -2.23. The Morgan fingerprint density at radius 2 is 1.54 bits per heavy atom. The van der Waals surface area contributed by atoms with Gasteiger partial charge in [0.05, 0.1) is 32.3 Å². The summed E-state index contributed by atoms with van der Waals surface area (Å²) in [6.07, 6.45) is 13.7. The summed E-state index contributed by atoms with van der Waals surface area (Å²) in [5.74, 6) is -2.15. The van der Waals surface area contributed by atoms with Gasteiger partial charge in [-0.05, 0) is 36.8 Å². The standard InChI is InChI=1S/C39H63N4O10P/c1-5-7-8-9-10-11-12-13-14-22-37(47)51-24-18-23-40-39(48)34(42-30(4)44)28-53-54(49,50)52-25-17-21-35(45)38(29(3)6-2)43-36(46)26-31-27-41-33-20-16-15-19-32(31)33/h15-16,19-20,27,29,34,38,41H,5-14,17-18,21-26,28H2,1-4H3,(H,40,48)(H,42,44)(H,43,46)(H,49,50)/t29-,34-,38-/m0/s1. The van der Waals surface area contributed by atoms with Gasteiger partial charge in [0.1, 0.15) is 6.04 Å². The van der Waals surface area contributed by atoms with E-state index in [9.17, 15) is 33.4 Å². The molecule has 3 amide bonds. The minimum absolute atomic E-state index is 0.0200. The highest BCUT2D eigenvalue weighted by Gasteiger charge is 2.29. The maximum atomic E-state index is 13.1. The number of aromatic amines is 1. The summed E-state index contributed by atoms with van der Waals surface area (Å²) in [5, 5.41) is 8.78. The molecule has 2 rings (SSSR count). The van der Waals surface area contributed by atoms with Crippen LogP contribution in [0, 0.1) is 5.92 Å². The topological polar surface area (TPSA) is 202 Å². The van der Waals surface area contributed by atoms with Gasteiger partial charge in [0.15, 0.2) is 5.78 Å². The predicted octanol–water partition coefficient (Wildman–Crippen LogP) is 6.20. The number of carbonyl (C=O) groups excluding carboxylic acids is 5. The van der Waals surface area contributed by atoms with Crippen molar-refractivity contribution in [2.45, 2.75) is 136 Å². The molecule has 0 spiro atoms. The van der Waals surface area contributed by atoms with Gasteiger partial charge in [-0.25, -0.2) is 4.57 Å². The number of hydrogen-bond acceptors (Lipinski definition) is 9. The van der Waals surface area contributed by atoms with Crippen molar-refractivity contribution in [1.29, 1.82) is 0 Å². The lowest BCUT2D eigenvalue weighted by molar-refractivity contribution is -0.143. The number of ether oxygens (including phenoxy) is 1. The van der Waals surface area contributed by atoms with Crippen LogP contribution in [0.5, 0.6) is 0 Å². The zero-order valence-electron chi connectivity index (χ0n) is 32.6. The van der Waals surface area contributed by atoms with Crippen molar-refractivity contribution in [3.63, 3.8) is 0 Å². The van der Waals surface area contributed by atoms with Crippen molar-refractivity contribution >= 4 is 48.2 Å². The Kier molecular flexibility index (Phi) is 22.7. The second kappa shape index (κ2) is 26.3. The molecule has 304 valence electrons. The van der Waals surface area contributed by atoms with Crippen molar-refractivity contribution < 1.29 is 47.2 Å². The van der Waals surface area contributed by atoms with Crippen LogP contribution in [-0.2, 0) is 48.7 Å². The number of aromatic nitrogens is 1. The Bertz CT molecular complexity index is 1500. The lowest BCUT2D eigenvalue weighted by atomic mass is 9.93. The van der Waals surface area contributed by atoms with Gasteiger partial charge in [0, 0.05) is 43.4 Å². The Balaban J connectivity index is 1.68. The Morgan fingerprint density at radius 1 is 0.852 bits per heavy atom. The van der Waals surface area contributed by atoms with Crippen molar-refractivity contribution in [2.75, 3.05) is 26.4 Å². The van der Waals surface area contributed by atoms with Crippen LogP contribution in [0.25, 0.3) is 10.9 Å². The normalized spacial score (nSPS) is 14.1. The minimum atomic E-state index is -4.66. The predicted molar refractivity (Wildman–Crippen MR) is 207 cm³/mol. The second-order valence-corrected chi connectivity index (χ2v) is 15.3. The third-order valence-corrected chi connectivity index (χ3v) is 10.2. The highest BCUT2D eigenvalue weighted by atomic mass is 31.2. The second-order valence-electron chi connectivity index (χ2n) is 13.8. The van der Waals surface area contributed by atoms with E-state index in [0.717, 1.165) is 35.7 Å². The zero-order chi connectivity index (χ0) is 39.8. The number of esters is 1. The van der Waals surface area contributed by atoms with E-state index >= 15 is 0 Å². The number of fused-ring (bicyclic) bond motifs is 1. The first-order chi connectivity index (χ1) is 25.9. The van der Waals surface area contributed by atoms with E-state index in [1.807, 2.05) is 38.1 Å². The molecule has 5 N–H and O–H groups in total. The fraction of sp³-hybridized carbons (Fsp3) is 0.667. The fourth-order valence-electron chi connectivity index (χ4n) is 5.91. The van der Waals surface area contributed by atoms with Crippen LogP contribution >= 0.6 is 7.82 Å². The van der Waals surface area contributed by atoms with E-state index in [-0.39, 0.29) is 62.6 Å². The average Bonchev–Trinajstić information content (AvgIpc) is 3.54. The Hall–Kier alpha value is -3.58. The van der Waals surface area contributed by atoms with Crippen LogP contribution in [0.3, 0.4) is 0 Å². The van der Waals surface area contributed by atoms with Crippen molar-refractivity contribution in [1.82, 2.24) is 20.9 Å². The number of amides is 3. The van der Waals surface area contributed by atoms with E-state index in [0.29, 0.717) is 19.3 Å². The van der Waals surface area contributed by atoms with Gasteiger partial charge in [-0.2, -0.15) is 0 Å². The fourth-order valence-corrected chi connectivity index (χ4v) is 6.68. The summed E-state index contributed by atoms with van der Waals surface area (Å²) in [6, 6.07) is 5.61. The maximum absolute atomic E-state index is 13.1. The Morgan fingerprint density at radius 3 is 2.22 bits per heavy atom. The molecule has 0 aliphatic heterocycles. The van der Waals surface area contributed by atoms with Gasteiger partial charge >= 0.3 is 13.8 Å². The molecule has 4 atom stereocenters. The van der Waals surface area contributed by atoms with Crippen LogP contribution in [0.15, 0.2) is 30.5 Å². The molecule has 0 bridgehead atoms. The number of benzene rings is 1. The molecule has 0 radical (unpaired) electrons. The van der Waals surface area contributed by atoms with Crippen LogP contribution in [-0.4, -0.2) is 77.8 Å². The molecule has 15 heteroatoms. The largest absolute Gasteiger partial charge is 0.472 e. The van der Waals surface area contributed by atoms with Crippen LogP contribution in [0.1, 0.15) is 123 Å². The zero-order valence-corrected chi connectivity index (χ0v) is 33.5. The molecule has 2 aromatic rings. The van der Waals surface area contributed by atoms with Gasteiger partial charge in [0.2, 0.25) is 17.7 Å². The number of ketones is 1. The number of unbranched alkanes of at least 4 members (excludes halogenated alkanes) is 8. The van der Waals surface area contributed by atoms with Gasteiger partial charge in [-0.1, -0.05) is 96.8 Å². The molecular weight excluding hydrogens is 715 g/mol. The summed E-state index contributed by atoms with van der Waals surface area (Å²) in [6.45, 7) is 6.50. The van der Waals surface area contributed by atoms with Gasteiger partial charge < -0.3 is 30.6 Å². The monoisotopic (exact) mass is 778 g/mol. The number of nitrogens with one attached hydrogen (secondary N) is 4. The number of rotatable bonds is 30. The molecule has 1 unspecified atom stereocenters. The SMILES string of the molecule is CCCCCCCCCCCC(=O)OCCCNC(=O)[C@H](COP(=O)(O)OCCCC(=O)[C@@H](NC(=O)Cc1c[nH]c2ccccc12)[C@@H](C)CC)NC(C)=O. The summed E-state index contributed by atoms with van der Waals surface area (Å²) in [5.41, 5.74) is 1.74. The number of H-pyrrole nitrogens is 1. The molecule has 54 heavy (non-hydrogen) atoms. The number of phosphoric acid groups is 1. The molecule has 0 fully saturated rings. The first-order valence-electron chi connectivity index (χ1n) is 19.6. The number of hydrogen-bond donors (Lipinski definition) is 5. The smallest absolute Gasteiger partial charge is 0.466 e. The molecular formula is C39H63N4O10P. The van der Waals surface area contributed by atoms with Crippen LogP contribution in [0.4, 0.5) is 0 Å². The lowest BCUT2D eigenvalue weighted by Crippen LogP contribution is -2.49. The van der Waals surface area contributed by atoms with E-state index < -0.39 is 38.3 Å². The summed E-state index contributed by atoms with van der Waals surface area (Å²) < 4.78 is 27.8. The maximum Gasteiger partial charge on any atom is 0.472 e. The summed E-state index contributed by atoms with van der Waals surface area (Å²) >= 11 is 0. The number of carbonyl (C=O) groups is 5. The Labute approximate surface area is 320 Å². The third kappa shape index (κ3) is 19.1. The number of phosphoric ester groups is 1. The highest BCUT2D eigenvalue weighted by molar-refractivity contribution is 7.47. The van der Waals surface area contributed by atoms with Crippen molar-refractivity contribution in [3.8, 4) is 0 Å². The molecule has 1 aromatic heterocycles. The average molecular weight is 779 g/mol. The third-order valence-electron chi connectivity index (χ3n) is 9.19. The minimum Gasteiger partial charge on any atom is -0.466 e. The first kappa shape index (κ1) is 46.6. The van der Waals surface area contributed by atoms with Gasteiger partial charge in [0.25, 0.3) is 0 Å². The molecule has 0 saturated carbocycles.